The molecule has 1 radical (unpaired) electrons. The summed E-state index contributed by atoms with van der Waals surface area (Å²) < 4.78 is 0. The number of carbonyl (C=O) groups is 2. The van der Waals surface area contributed by atoms with Crippen molar-refractivity contribution in [1.29, 1.82) is 0 Å². The van der Waals surface area contributed by atoms with Crippen LogP contribution in [0, 0.1) is 6.92 Å². The quantitative estimate of drug-likeness (QED) is 0.555. The van der Waals surface area contributed by atoms with Crippen molar-refractivity contribution < 1.29 is 19.8 Å². The van der Waals surface area contributed by atoms with E-state index < -0.39 is 11.9 Å². The van der Waals surface area contributed by atoms with Gasteiger partial charge in [0.1, 0.15) is 0 Å². The van der Waals surface area contributed by atoms with Gasteiger partial charge in [0.05, 0.1) is 13.1 Å². The summed E-state index contributed by atoms with van der Waals surface area (Å²) in [6.07, 6.45) is 0. The highest BCUT2D eigenvalue weighted by Gasteiger charge is 2.10. The summed E-state index contributed by atoms with van der Waals surface area (Å²) in [5, 5.41) is 16.5. The largest absolute Gasteiger partial charge is 0.480 e. The van der Waals surface area contributed by atoms with Crippen LogP contribution in [0.1, 0.15) is 0 Å². The van der Waals surface area contributed by atoms with Crippen LogP contribution in [0.15, 0.2) is 0 Å². The molecule has 0 aliphatic carbocycles. The number of hydrogen-bond acceptors (Lipinski definition) is 3. The Morgan fingerprint density at radius 2 is 1.55 bits per heavy atom. The summed E-state index contributed by atoms with van der Waals surface area (Å²) in [6, 6.07) is 0. The first-order valence-corrected chi connectivity index (χ1v) is 3.01. The van der Waals surface area contributed by atoms with Crippen LogP contribution in [0.3, 0.4) is 0 Å². The zero-order chi connectivity index (χ0) is 8.85. The molecule has 2 N–H and O–H groups in total. The lowest BCUT2D eigenvalue weighted by molar-refractivity contribution is -0.141. The lowest BCUT2D eigenvalue weighted by atomic mass is 10.4. The molecule has 11 heavy (non-hydrogen) atoms. The van der Waals surface area contributed by atoms with Gasteiger partial charge in [0, 0.05) is 0 Å². The molecule has 0 saturated carbocycles. The van der Waals surface area contributed by atoms with Gasteiger partial charge in [-0.3, -0.25) is 14.5 Å². The SMILES string of the molecule is [CH2]CN(CC(=O)O)CC(=O)O. The Balaban J connectivity index is 3.76. The molecule has 5 heteroatoms. The van der Waals surface area contributed by atoms with Crippen LogP contribution in [0.2, 0.25) is 0 Å². The minimum Gasteiger partial charge on any atom is -0.480 e. The first kappa shape index (κ1) is 9.90. The van der Waals surface area contributed by atoms with Gasteiger partial charge in [-0.1, -0.05) is 0 Å². The molecule has 0 atom stereocenters. The number of aliphatic carboxylic acids is 2. The third kappa shape index (κ3) is 5.35. The molecule has 5 nitrogen and oxygen atoms in total. The first-order chi connectivity index (χ1) is 5.06. The zero-order valence-electron chi connectivity index (χ0n) is 5.99. The Bertz CT molecular complexity index is 141. The number of nitrogens with zero attached hydrogens (tertiary/aromatic N) is 1. The van der Waals surface area contributed by atoms with Crippen molar-refractivity contribution in [2.24, 2.45) is 0 Å². The average molecular weight is 160 g/mol. The smallest absolute Gasteiger partial charge is 0.317 e. The highest BCUT2D eigenvalue weighted by Crippen LogP contribution is 1.85. The Hall–Kier alpha value is -1.10. The highest BCUT2D eigenvalue weighted by atomic mass is 16.4. The molecular formula is C6H10NO4. The second-order valence-electron chi connectivity index (χ2n) is 2.00. The molecule has 0 aromatic heterocycles. The predicted octanol–water partition coefficient (Wildman–Crippen LogP) is -0.708. The van der Waals surface area contributed by atoms with E-state index in [0.29, 0.717) is 0 Å². The van der Waals surface area contributed by atoms with Crippen LogP contribution in [-0.2, 0) is 9.59 Å². The average Bonchev–Trinajstić information content (AvgIpc) is 1.84. The van der Waals surface area contributed by atoms with Gasteiger partial charge in [0.15, 0.2) is 0 Å². The van der Waals surface area contributed by atoms with Crippen LogP contribution < -0.4 is 0 Å². The third-order valence-electron chi connectivity index (χ3n) is 1.03. The molecule has 0 heterocycles. The maximum atomic E-state index is 10.1. The lowest BCUT2D eigenvalue weighted by Crippen LogP contribution is -2.34. The number of carboxylic acids is 2. The maximum absolute atomic E-state index is 10.1. The van der Waals surface area contributed by atoms with Gasteiger partial charge in [-0.15, -0.1) is 0 Å². The van der Waals surface area contributed by atoms with Crippen molar-refractivity contribution in [2.45, 2.75) is 0 Å². The van der Waals surface area contributed by atoms with E-state index in [1.54, 1.807) is 0 Å². The van der Waals surface area contributed by atoms with E-state index in [2.05, 4.69) is 6.92 Å². The molecule has 63 valence electrons. The highest BCUT2D eigenvalue weighted by molar-refractivity contribution is 5.72. The van der Waals surface area contributed by atoms with Gasteiger partial charge in [-0.05, 0) is 13.5 Å². The monoisotopic (exact) mass is 160 g/mol. The van der Waals surface area contributed by atoms with E-state index in [9.17, 15) is 9.59 Å². The molecule has 0 bridgehead atoms. The lowest BCUT2D eigenvalue weighted by Gasteiger charge is -2.13. The number of hydrogen-bond donors (Lipinski definition) is 2. The molecule has 0 amide bonds. The molecule has 0 aromatic rings. The second-order valence-corrected chi connectivity index (χ2v) is 2.00. The van der Waals surface area contributed by atoms with Gasteiger partial charge in [0.25, 0.3) is 0 Å². The van der Waals surface area contributed by atoms with Crippen LogP contribution >= 0.6 is 0 Å². The van der Waals surface area contributed by atoms with E-state index >= 15 is 0 Å². The topological polar surface area (TPSA) is 77.8 Å². The van der Waals surface area contributed by atoms with E-state index in [1.807, 2.05) is 0 Å². The Kier molecular flexibility index (Phi) is 4.21. The fourth-order valence-electron chi connectivity index (χ4n) is 0.597. The van der Waals surface area contributed by atoms with E-state index in [-0.39, 0.29) is 19.6 Å². The molecule has 0 rings (SSSR count). The van der Waals surface area contributed by atoms with Crippen molar-refractivity contribution in [2.75, 3.05) is 19.6 Å². The molecular weight excluding hydrogens is 150 g/mol. The minimum absolute atomic E-state index is 0.179. The zero-order valence-corrected chi connectivity index (χ0v) is 5.99. The number of rotatable bonds is 5. The van der Waals surface area contributed by atoms with Gasteiger partial charge in [-0.25, -0.2) is 0 Å². The maximum Gasteiger partial charge on any atom is 0.317 e. The minimum atomic E-state index is -1.05. The fraction of sp³-hybridized carbons (Fsp3) is 0.500. The summed E-state index contributed by atoms with van der Waals surface area (Å²) >= 11 is 0. The summed E-state index contributed by atoms with van der Waals surface area (Å²) in [5.74, 6) is -2.09. The van der Waals surface area contributed by atoms with Crippen molar-refractivity contribution >= 4 is 11.9 Å². The number of carboxylic acid groups (broad SMARTS) is 2. The Labute approximate surface area is 64.2 Å². The standard InChI is InChI=1S/C6H10NO4/c1-2-7(3-5(8)9)4-6(10)11/h1-4H2,(H,8,9)(H,10,11). The predicted molar refractivity (Wildman–Crippen MR) is 37.1 cm³/mol. The van der Waals surface area contributed by atoms with E-state index in [0.717, 1.165) is 0 Å². The summed E-state index contributed by atoms with van der Waals surface area (Å²) in [6.45, 7) is 3.01. The molecule has 0 unspecified atom stereocenters. The molecule has 0 aromatic carbocycles. The normalized spacial score (nSPS) is 10.0. The third-order valence-corrected chi connectivity index (χ3v) is 1.03. The van der Waals surface area contributed by atoms with Crippen molar-refractivity contribution in [3.63, 3.8) is 0 Å². The molecule has 0 aliphatic rings. The van der Waals surface area contributed by atoms with Crippen LogP contribution in [0.5, 0.6) is 0 Å². The Morgan fingerprint density at radius 1 is 1.18 bits per heavy atom. The van der Waals surface area contributed by atoms with Gasteiger partial charge in [0.2, 0.25) is 0 Å². The van der Waals surface area contributed by atoms with Crippen LogP contribution in [0.25, 0.3) is 0 Å². The molecule has 0 saturated heterocycles. The Morgan fingerprint density at radius 3 is 1.73 bits per heavy atom. The molecule has 0 spiro atoms. The molecule has 0 fully saturated rings. The van der Waals surface area contributed by atoms with Crippen molar-refractivity contribution in [1.82, 2.24) is 4.90 Å². The summed E-state index contributed by atoms with van der Waals surface area (Å²) in [7, 11) is 0. The first-order valence-electron chi connectivity index (χ1n) is 3.01. The summed E-state index contributed by atoms with van der Waals surface area (Å²) in [5.41, 5.74) is 0. The second kappa shape index (κ2) is 4.68. The van der Waals surface area contributed by atoms with E-state index in [1.165, 1.54) is 4.90 Å². The van der Waals surface area contributed by atoms with Crippen molar-refractivity contribution in [3.05, 3.63) is 6.92 Å². The van der Waals surface area contributed by atoms with Crippen LogP contribution in [-0.4, -0.2) is 46.7 Å². The van der Waals surface area contributed by atoms with Crippen LogP contribution in [0.4, 0.5) is 0 Å². The molecule has 0 aliphatic heterocycles. The summed E-state index contributed by atoms with van der Waals surface area (Å²) in [4.78, 5) is 21.4. The van der Waals surface area contributed by atoms with Gasteiger partial charge in [-0.2, -0.15) is 0 Å². The van der Waals surface area contributed by atoms with E-state index in [4.69, 9.17) is 10.2 Å². The van der Waals surface area contributed by atoms with Crippen molar-refractivity contribution in [3.8, 4) is 0 Å². The van der Waals surface area contributed by atoms with Gasteiger partial charge >= 0.3 is 11.9 Å². The van der Waals surface area contributed by atoms with Gasteiger partial charge < -0.3 is 10.2 Å². The fourth-order valence-corrected chi connectivity index (χ4v) is 0.597.